The second kappa shape index (κ2) is 3.36. The highest BCUT2D eigenvalue weighted by molar-refractivity contribution is 5.98. The predicted molar refractivity (Wildman–Crippen MR) is 45.3 cm³/mol. The maximum absolute atomic E-state index is 10.9. The van der Waals surface area contributed by atoms with Crippen LogP contribution in [0.3, 0.4) is 0 Å². The third kappa shape index (κ3) is 1.66. The first-order chi connectivity index (χ1) is 5.99. The molecule has 0 aromatic heterocycles. The quantitative estimate of drug-likeness (QED) is 0.638. The van der Waals surface area contributed by atoms with Crippen molar-refractivity contribution in [2.45, 2.75) is 32.6 Å². The summed E-state index contributed by atoms with van der Waals surface area (Å²) >= 11 is 0. The summed E-state index contributed by atoms with van der Waals surface area (Å²) < 4.78 is 0. The van der Waals surface area contributed by atoms with Gasteiger partial charge in [-0.1, -0.05) is 19.8 Å². The fourth-order valence-electron chi connectivity index (χ4n) is 2.03. The molecule has 1 aliphatic rings. The lowest BCUT2D eigenvalue weighted by Gasteiger charge is -2.32. The topological polar surface area (TPSA) is 74.6 Å². The van der Waals surface area contributed by atoms with Gasteiger partial charge < -0.3 is 10.2 Å². The van der Waals surface area contributed by atoms with Crippen LogP contribution in [0.2, 0.25) is 0 Å². The van der Waals surface area contributed by atoms with E-state index < -0.39 is 17.4 Å². The summed E-state index contributed by atoms with van der Waals surface area (Å²) in [6.07, 6.45) is 2.15. The summed E-state index contributed by atoms with van der Waals surface area (Å²) in [7, 11) is 0. The predicted octanol–water partition coefficient (Wildman–Crippen LogP) is 1.35. The molecule has 0 saturated heterocycles. The van der Waals surface area contributed by atoms with Gasteiger partial charge in [0.1, 0.15) is 0 Å². The zero-order valence-corrected chi connectivity index (χ0v) is 7.62. The van der Waals surface area contributed by atoms with Gasteiger partial charge in [-0.15, -0.1) is 0 Å². The second-order valence-corrected chi connectivity index (χ2v) is 3.89. The van der Waals surface area contributed by atoms with Crippen LogP contribution in [0.1, 0.15) is 32.6 Å². The van der Waals surface area contributed by atoms with E-state index in [0.29, 0.717) is 6.42 Å². The van der Waals surface area contributed by atoms with E-state index >= 15 is 0 Å². The minimum atomic E-state index is -1.52. The maximum Gasteiger partial charge on any atom is 0.321 e. The van der Waals surface area contributed by atoms with Crippen molar-refractivity contribution in [3.05, 3.63) is 0 Å². The molecule has 13 heavy (non-hydrogen) atoms. The fraction of sp³-hybridized carbons (Fsp3) is 0.778. The van der Waals surface area contributed by atoms with Gasteiger partial charge in [0.05, 0.1) is 0 Å². The van der Waals surface area contributed by atoms with Crippen LogP contribution in [0.15, 0.2) is 0 Å². The van der Waals surface area contributed by atoms with E-state index in [2.05, 4.69) is 0 Å². The van der Waals surface area contributed by atoms with E-state index in [0.717, 1.165) is 6.42 Å². The van der Waals surface area contributed by atoms with Crippen molar-refractivity contribution in [2.75, 3.05) is 0 Å². The lowest BCUT2D eigenvalue weighted by Crippen LogP contribution is -2.42. The summed E-state index contributed by atoms with van der Waals surface area (Å²) in [6.45, 7) is 1.90. The average molecular weight is 186 g/mol. The van der Waals surface area contributed by atoms with E-state index in [4.69, 9.17) is 10.2 Å². The molecular formula is C9H14O4. The van der Waals surface area contributed by atoms with Gasteiger partial charge in [-0.3, -0.25) is 9.59 Å². The Labute approximate surface area is 76.6 Å². The molecular weight excluding hydrogens is 172 g/mol. The van der Waals surface area contributed by atoms with Gasteiger partial charge in [0.15, 0.2) is 5.41 Å². The molecule has 1 saturated carbocycles. The standard InChI is InChI=1S/C9H14O4/c1-6-3-2-4-9(5-6,7(10)11)8(12)13/h6H,2-5H2,1H3,(H,10,11)(H,12,13)/t6-/m0/s1. The van der Waals surface area contributed by atoms with Crippen LogP contribution in [0.4, 0.5) is 0 Å². The molecule has 0 spiro atoms. The molecule has 4 heteroatoms. The third-order valence-corrected chi connectivity index (χ3v) is 2.82. The molecule has 0 aromatic rings. The number of carboxylic acids is 2. The van der Waals surface area contributed by atoms with Crippen molar-refractivity contribution in [1.82, 2.24) is 0 Å². The van der Waals surface area contributed by atoms with Crippen LogP contribution in [-0.4, -0.2) is 22.2 Å². The lowest BCUT2D eigenvalue weighted by molar-refractivity contribution is -0.168. The highest BCUT2D eigenvalue weighted by atomic mass is 16.4. The van der Waals surface area contributed by atoms with Gasteiger partial charge in [-0.05, 0) is 18.8 Å². The van der Waals surface area contributed by atoms with E-state index in [-0.39, 0.29) is 18.8 Å². The zero-order chi connectivity index (χ0) is 10.1. The first-order valence-electron chi connectivity index (χ1n) is 4.46. The Hall–Kier alpha value is -1.06. The molecule has 0 amide bonds. The smallest absolute Gasteiger partial charge is 0.321 e. The molecule has 1 aliphatic carbocycles. The van der Waals surface area contributed by atoms with Crippen LogP contribution in [0.5, 0.6) is 0 Å². The molecule has 0 bridgehead atoms. The minimum absolute atomic E-state index is 0.195. The molecule has 2 N–H and O–H groups in total. The molecule has 0 unspecified atom stereocenters. The van der Waals surface area contributed by atoms with Gasteiger partial charge in [-0.25, -0.2) is 0 Å². The molecule has 1 atom stereocenters. The van der Waals surface area contributed by atoms with Gasteiger partial charge in [0.25, 0.3) is 0 Å². The van der Waals surface area contributed by atoms with E-state index in [1.165, 1.54) is 0 Å². The first-order valence-corrected chi connectivity index (χ1v) is 4.46. The monoisotopic (exact) mass is 186 g/mol. The van der Waals surface area contributed by atoms with Crippen molar-refractivity contribution in [3.8, 4) is 0 Å². The molecule has 4 nitrogen and oxygen atoms in total. The second-order valence-electron chi connectivity index (χ2n) is 3.89. The zero-order valence-electron chi connectivity index (χ0n) is 7.62. The van der Waals surface area contributed by atoms with Crippen LogP contribution in [0.25, 0.3) is 0 Å². The average Bonchev–Trinajstić information content (AvgIpc) is 2.03. The van der Waals surface area contributed by atoms with Gasteiger partial charge in [0.2, 0.25) is 0 Å². The van der Waals surface area contributed by atoms with Crippen molar-refractivity contribution in [1.29, 1.82) is 0 Å². The Kier molecular flexibility index (Phi) is 2.59. The molecule has 74 valence electrons. The number of rotatable bonds is 2. The number of carbonyl (C=O) groups is 2. The van der Waals surface area contributed by atoms with E-state index in [1.54, 1.807) is 0 Å². The molecule has 1 rings (SSSR count). The number of hydrogen-bond donors (Lipinski definition) is 2. The summed E-state index contributed by atoms with van der Waals surface area (Å²) in [5.74, 6) is -2.18. The summed E-state index contributed by atoms with van der Waals surface area (Å²) in [6, 6.07) is 0. The van der Waals surface area contributed by atoms with Crippen molar-refractivity contribution in [2.24, 2.45) is 11.3 Å². The molecule has 0 radical (unpaired) electrons. The Bertz CT molecular complexity index is 220. The Balaban J connectivity index is 2.90. The summed E-state index contributed by atoms with van der Waals surface area (Å²) in [4.78, 5) is 21.8. The van der Waals surface area contributed by atoms with Crippen molar-refractivity contribution < 1.29 is 19.8 Å². The number of aliphatic carboxylic acids is 2. The molecule has 0 aromatic carbocycles. The van der Waals surface area contributed by atoms with Gasteiger partial charge in [0, 0.05) is 0 Å². The van der Waals surface area contributed by atoms with Crippen LogP contribution in [0, 0.1) is 11.3 Å². The largest absolute Gasteiger partial charge is 0.480 e. The van der Waals surface area contributed by atoms with Crippen LogP contribution < -0.4 is 0 Å². The Morgan fingerprint density at radius 3 is 2.15 bits per heavy atom. The SMILES string of the molecule is C[C@H]1CCCC(C(=O)O)(C(=O)O)C1. The van der Waals surface area contributed by atoms with Crippen LogP contribution in [-0.2, 0) is 9.59 Å². The van der Waals surface area contributed by atoms with Gasteiger partial charge in [-0.2, -0.15) is 0 Å². The van der Waals surface area contributed by atoms with E-state index in [9.17, 15) is 9.59 Å². The lowest BCUT2D eigenvalue weighted by atomic mass is 9.70. The summed E-state index contributed by atoms with van der Waals surface area (Å²) in [5, 5.41) is 17.8. The maximum atomic E-state index is 10.9. The van der Waals surface area contributed by atoms with Gasteiger partial charge >= 0.3 is 11.9 Å². The fourth-order valence-corrected chi connectivity index (χ4v) is 2.03. The number of carboxylic acid groups (broad SMARTS) is 2. The number of hydrogen-bond acceptors (Lipinski definition) is 2. The first kappa shape index (κ1) is 10.0. The molecule has 0 aliphatic heterocycles. The highest BCUT2D eigenvalue weighted by Gasteiger charge is 2.48. The van der Waals surface area contributed by atoms with Crippen molar-refractivity contribution in [3.63, 3.8) is 0 Å². The Morgan fingerprint density at radius 1 is 1.31 bits per heavy atom. The highest BCUT2D eigenvalue weighted by Crippen LogP contribution is 2.39. The Morgan fingerprint density at radius 2 is 1.85 bits per heavy atom. The van der Waals surface area contributed by atoms with E-state index in [1.807, 2.05) is 6.92 Å². The minimum Gasteiger partial charge on any atom is -0.480 e. The normalized spacial score (nSPS) is 26.7. The molecule has 0 heterocycles. The third-order valence-electron chi connectivity index (χ3n) is 2.82. The summed E-state index contributed by atoms with van der Waals surface area (Å²) in [5.41, 5.74) is -1.52. The van der Waals surface area contributed by atoms with Crippen molar-refractivity contribution >= 4 is 11.9 Å². The molecule has 1 fully saturated rings. The van der Waals surface area contributed by atoms with Crippen LogP contribution >= 0.6 is 0 Å².